The fraction of sp³-hybridized carbons (Fsp3) is 0.467. The van der Waals surface area contributed by atoms with Crippen molar-refractivity contribution in [3.05, 3.63) is 28.7 Å². The van der Waals surface area contributed by atoms with Crippen LogP contribution in [-0.4, -0.2) is 30.2 Å². The van der Waals surface area contributed by atoms with Crippen LogP contribution in [0.25, 0.3) is 0 Å². The first-order valence-corrected chi connectivity index (χ1v) is 7.75. The number of carbonyl (C=O) groups is 2. The minimum atomic E-state index is -0.579. The first-order chi connectivity index (χ1) is 10.2. The van der Waals surface area contributed by atoms with Gasteiger partial charge in [0, 0.05) is 16.7 Å². The molecule has 0 aliphatic rings. The molecular weight excluding hydrogens is 350 g/mol. The largest absolute Gasteiger partial charge is 0.444 e. The van der Waals surface area contributed by atoms with Gasteiger partial charge in [-0.1, -0.05) is 22.0 Å². The number of halogens is 1. The predicted molar refractivity (Wildman–Crippen MR) is 89.6 cm³/mol. The van der Waals surface area contributed by atoms with Crippen molar-refractivity contribution in [2.45, 2.75) is 38.8 Å². The molecule has 0 aliphatic heterocycles. The Hall–Kier alpha value is -1.76. The quantitative estimate of drug-likeness (QED) is 0.716. The van der Waals surface area contributed by atoms with Gasteiger partial charge in [-0.15, -0.1) is 0 Å². The molecule has 2 amide bonds. The van der Waals surface area contributed by atoms with E-state index >= 15 is 0 Å². The molecule has 0 saturated heterocycles. The van der Waals surface area contributed by atoms with Gasteiger partial charge in [0.1, 0.15) is 11.6 Å². The van der Waals surface area contributed by atoms with E-state index < -0.39 is 23.6 Å². The Kier molecular flexibility index (Phi) is 6.67. The van der Waals surface area contributed by atoms with Crippen LogP contribution in [0.1, 0.15) is 27.2 Å². The van der Waals surface area contributed by atoms with Crippen LogP contribution in [0, 0.1) is 0 Å². The van der Waals surface area contributed by atoms with Gasteiger partial charge >= 0.3 is 6.09 Å². The van der Waals surface area contributed by atoms with Crippen LogP contribution in [0.15, 0.2) is 28.7 Å². The normalized spacial score (nSPS) is 12.4. The van der Waals surface area contributed by atoms with Gasteiger partial charge in [-0.3, -0.25) is 4.79 Å². The van der Waals surface area contributed by atoms with Gasteiger partial charge in [-0.25, -0.2) is 4.79 Å². The molecule has 1 atom stereocenters. The van der Waals surface area contributed by atoms with Crippen molar-refractivity contribution in [1.82, 2.24) is 5.32 Å². The highest BCUT2D eigenvalue weighted by atomic mass is 79.9. The third-order valence-corrected chi connectivity index (χ3v) is 3.10. The standard InChI is InChI=1S/C15H22BrN3O3/c1-15(2,3)22-14(21)18-8-7-12(13(17)20)19-11-6-4-5-10(16)9-11/h4-6,9,12,19H,7-8H2,1-3H3,(H2,17,20)(H,18,21). The zero-order valence-corrected chi connectivity index (χ0v) is 14.6. The third-order valence-electron chi connectivity index (χ3n) is 2.61. The van der Waals surface area contributed by atoms with Crippen molar-refractivity contribution in [3.8, 4) is 0 Å². The van der Waals surface area contributed by atoms with Crippen LogP contribution in [0.2, 0.25) is 0 Å². The number of ether oxygens (including phenoxy) is 1. The summed E-state index contributed by atoms with van der Waals surface area (Å²) in [6.45, 7) is 5.64. The summed E-state index contributed by atoms with van der Waals surface area (Å²) in [7, 11) is 0. The average Bonchev–Trinajstić information content (AvgIpc) is 2.35. The molecule has 0 spiro atoms. The van der Waals surface area contributed by atoms with E-state index in [0.29, 0.717) is 6.42 Å². The Balaban J connectivity index is 2.48. The summed E-state index contributed by atoms with van der Waals surface area (Å²) < 4.78 is 6.02. The summed E-state index contributed by atoms with van der Waals surface area (Å²) in [4.78, 5) is 23.0. The number of anilines is 1. The summed E-state index contributed by atoms with van der Waals surface area (Å²) in [5.41, 5.74) is 5.60. The fourth-order valence-electron chi connectivity index (χ4n) is 1.70. The summed E-state index contributed by atoms with van der Waals surface area (Å²) in [6.07, 6.45) is -0.153. The monoisotopic (exact) mass is 371 g/mol. The van der Waals surface area contributed by atoms with E-state index in [0.717, 1.165) is 10.2 Å². The van der Waals surface area contributed by atoms with E-state index in [1.54, 1.807) is 20.8 Å². The van der Waals surface area contributed by atoms with Gasteiger partial charge < -0.3 is 21.1 Å². The molecule has 0 aromatic heterocycles. The molecule has 22 heavy (non-hydrogen) atoms. The van der Waals surface area contributed by atoms with Gasteiger partial charge in [0.15, 0.2) is 0 Å². The summed E-state index contributed by atoms with van der Waals surface area (Å²) in [6, 6.07) is 6.83. The molecule has 1 rings (SSSR count). The van der Waals surface area contributed by atoms with E-state index in [1.807, 2.05) is 24.3 Å². The number of hydrogen-bond acceptors (Lipinski definition) is 4. The molecule has 7 heteroatoms. The number of nitrogens with one attached hydrogen (secondary N) is 2. The molecule has 1 unspecified atom stereocenters. The number of carbonyl (C=O) groups excluding carboxylic acids is 2. The maximum atomic E-state index is 11.5. The predicted octanol–water partition coefficient (Wildman–Crippen LogP) is 2.63. The highest BCUT2D eigenvalue weighted by Gasteiger charge is 2.18. The lowest BCUT2D eigenvalue weighted by Gasteiger charge is -2.21. The smallest absolute Gasteiger partial charge is 0.407 e. The maximum Gasteiger partial charge on any atom is 0.407 e. The number of primary amides is 1. The second-order valence-corrected chi connectivity index (χ2v) is 6.74. The first-order valence-electron chi connectivity index (χ1n) is 6.95. The van der Waals surface area contributed by atoms with E-state index in [2.05, 4.69) is 26.6 Å². The minimum absolute atomic E-state index is 0.281. The van der Waals surface area contributed by atoms with E-state index in [1.165, 1.54) is 0 Å². The zero-order chi connectivity index (χ0) is 16.8. The van der Waals surface area contributed by atoms with Gasteiger partial charge in [0.2, 0.25) is 5.91 Å². The van der Waals surface area contributed by atoms with Crippen molar-refractivity contribution >= 4 is 33.6 Å². The maximum absolute atomic E-state index is 11.5. The highest BCUT2D eigenvalue weighted by Crippen LogP contribution is 2.17. The molecule has 0 bridgehead atoms. The van der Waals surface area contributed by atoms with Crippen molar-refractivity contribution in [1.29, 1.82) is 0 Å². The zero-order valence-electron chi connectivity index (χ0n) is 13.0. The summed E-state index contributed by atoms with van der Waals surface area (Å²) in [5.74, 6) is -0.481. The molecule has 0 heterocycles. The third kappa shape index (κ3) is 7.31. The first kappa shape index (κ1) is 18.3. The molecule has 1 aromatic carbocycles. The topological polar surface area (TPSA) is 93.4 Å². The van der Waals surface area contributed by atoms with Gasteiger partial charge in [-0.05, 0) is 45.4 Å². The highest BCUT2D eigenvalue weighted by molar-refractivity contribution is 9.10. The van der Waals surface area contributed by atoms with E-state index in [9.17, 15) is 9.59 Å². The molecule has 0 saturated carbocycles. The van der Waals surface area contributed by atoms with Crippen molar-refractivity contribution in [3.63, 3.8) is 0 Å². The second-order valence-electron chi connectivity index (χ2n) is 5.83. The Morgan fingerprint density at radius 2 is 2.05 bits per heavy atom. The van der Waals surface area contributed by atoms with Crippen LogP contribution in [0.3, 0.4) is 0 Å². The Bertz CT molecular complexity index is 529. The molecule has 0 aliphatic carbocycles. The molecule has 0 radical (unpaired) electrons. The Morgan fingerprint density at radius 1 is 1.36 bits per heavy atom. The van der Waals surface area contributed by atoms with E-state index in [-0.39, 0.29) is 6.54 Å². The Morgan fingerprint density at radius 3 is 2.59 bits per heavy atom. The lowest BCUT2D eigenvalue weighted by molar-refractivity contribution is -0.118. The molecule has 6 nitrogen and oxygen atoms in total. The molecule has 4 N–H and O–H groups in total. The lowest BCUT2D eigenvalue weighted by Crippen LogP contribution is -2.40. The van der Waals surface area contributed by atoms with Crippen LogP contribution >= 0.6 is 15.9 Å². The minimum Gasteiger partial charge on any atom is -0.444 e. The van der Waals surface area contributed by atoms with Crippen molar-refractivity contribution in [2.75, 3.05) is 11.9 Å². The fourth-order valence-corrected chi connectivity index (χ4v) is 2.10. The number of nitrogens with two attached hydrogens (primary N) is 1. The summed E-state index contributed by atoms with van der Waals surface area (Å²) >= 11 is 3.36. The number of benzene rings is 1. The molecule has 1 aromatic rings. The van der Waals surface area contributed by atoms with Crippen molar-refractivity contribution < 1.29 is 14.3 Å². The van der Waals surface area contributed by atoms with Crippen LogP contribution in [0.5, 0.6) is 0 Å². The van der Waals surface area contributed by atoms with Crippen LogP contribution in [0.4, 0.5) is 10.5 Å². The molecule has 122 valence electrons. The Labute approximate surface area is 138 Å². The molecular formula is C15H22BrN3O3. The van der Waals surface area contributed by atoms with Crippen LogP contribution in [-0.2, 0) is 9.53 Å². The van der Waals surface area contributed by atoms with Crippen molar-refractivity contribution in [2.24, 2.45) is 5.73 Å². The summed E-state index contributed by atoms with van der Waals surface area (Å²) in [5, 5.41) is 5.65. The SMILES string of the molecule is CC(C)(C)OC(=O)NCCC(Nc1cccc(Br)c1)C(N)=O. The molecule has 0 fully saturated rings. The number of rotatable bonds is 6. The van der Waals surface area contributed by atoms with Gasteiger partial charge in [-0.2, -0.15) is 0 Å². The van der Waals surface area contributed by atoms with Gasteiger partial charge in [0.25, 0.3) is 0 Å². The number of alkyl carbamates (subject to hydrolysis) is 1. The average molecular weight is 372 g/mol. The number of amides is 2. The van der Waals surface area contributed by atoms with E-state index in [4.69, 9.17) is 10.5 Å². The second kappa shape index (κ2) is 8.03. The van der Waals surface area contributed by atoms with Crippen LogP contribution < -0.4 is 16.4 Å². The van der Waals surface area contributed by atoms with Gasteiger partial charge in [0.05, 0.1) is 0 Å². The number of hydrogen-bond donors (Lipinski definition) is 3. The lowest BCUT2D eigenvalue weighted by atomic mass is 10.1.